The van der Waals surface area contributed by atoms with Gasteiger partial charge in [-0.25, -0.2) is 9.59 Å². The predicted octanol–water partition coefficient (Wildman–Crippen LogP) is -0.179. The number of aliphatic hydroxyl groups is 4. The molecule has 5 N–H and O–H groups in total. The average Bonchev–Trinajstić information content (AvgIpc) is 3.36. The van der Waals surface area contributed by atoms with E-state index in [0.29, 0.717) is 24.0 Å². The number of hydrogen-bond acceptors (Lipinski definition) is 12. The number of phenols is 1. The third-order valence-corrected chi connectivity index (χ3v) is 7.18. The monoisotopic (exact) mass is 536 g/mol. The molecule has 2 heterocycles. The second-order valence-corrected chi connectivity index (χ2v) is 9.48. The lowest BCUT2D eigenvalue weighted by molar-refractivity contribution is -0.342. The van der Waals surface area contributed by atoms with Crippen LogP contribution in [0.1, 0.15) is 18.4 Å². The number of rotatable bonds is 8. The molecule has 0 bridgehead atoms. The van der Waals surface area contributed by atoms with Gasteiger partial charge in [-0.3, -0.25) is 0 Å². The third-order valence-electron chi connectivity index (χ3n) is 7.18. The number of benzene rings is 1. The maximum Gasteiger partial charge on any atom is 0.337 e. The van der Waals surface area contributed by atoms with E-state index < -0.39 is 61.5 Å². The molecule has 1 aromatic rings. The van der Waals surface area contributed by atoms with Gasteiger partial charge in [0.1, 0.15) is 30.2 Å². The molecule has 1 aliphatic carbocycles. The van der Waals surface area contributed by atoms with E-state index in [9.17, 15) is 35.1 Å². The zero-order valence-electron chi connectivity index (χ0n) is 20.7. The first-order valence-corrected chi connectivity index (χ1v) is 12.3. The van der Waals surface area contributed by atoms with E-state index >= 15 is 0 Å². The molecule has 12 nitrogen and oxygen atoms in total. The van der Waals surface area contributed by atoms with E-state index in [4.69, 9.17) is 23.7 Å². The van der Waals surface area contributed by atoms with Crippen molar-refractivity contribution in [1.29, 1.82) is 0 Å². The van der Waals surface area contributed by atoms with E-state index in [2.05, 4.69) is 0 Å². The van der Waals surface area contributed by atoms with Crippen LogP contribution < -0.4 is 0 Å². The van der Waals surface area contributed by atoms with Crippen LogP contribution in [0, 0.1) is 17.8 Å². The van der Waals surface area contributed by atoms with Crippen LogP contribution >= 0.6 is 0 Å². The number of phenolic OH excluding ortho intramolecular Hbond substituents is 1. The smallest absolute Gasteiger partial charge is 0.337 e. The number of aromatic hydroxyl groups is 1. The van der Waals surface area contributed by atoms with Gasteiger partial charge in [0.2, 0.25) is 6.29 Å². The van der Waals surface area contributed by atoms with E-state index in [1.165, 1.54) is 31.6 Å². The Hall–Kier alpha value is -3.00. The highest BCUT2D eigenvalue weighted by Gasteiger charge is 2.52. The quantitative estimate of drug-likeness (QED) is 0.219. The normalized spacial score (nSPS) is 34.8. The fourth-order valence-corrected chi connectivity index (χ4v) is 5.13. The fraction of sp³-hybridized carbons (Fsp3) is 0.538. The van der Waals surface area contributed by atoms with Crippen molar-refractivity contribution in [2.24, 2.45) is 17.8 Å². The highest BCUT2D eigenvalue weighted by Crippen LogP contribution is 2.47. The Balaban J connectivity index is 1.46. The van der Waals surface area contributed by atoms with Crippen molar-refractivity contribution in [3.63, 3.8) is 0 Å². The number of carbonyl (C=O) groups excluding carboxylic acids is 2. The molecule has 2 aliphatic heterocycles. The average molecular weight is 537 g/mol. The first kappa shape index (κ1) is 28.0. The lowest BCUT2D eigenvalue weighted by Gasteiger charge is -2.43. The number of esters is 2. The van der Waals surface area contributed by atoms with Crippen molar-refractivity contribution in [2.45, 2.75) is 49.8 Å². The largest absolute Gasteiger partial charge is 0.508 e. The number of aliphatic hydroxyl groups excluding tert-OH is 4. The lowest BCUT2D eigenvalue weighted by Crippen LogP contribution is -2.60. The zero-order valence-corrected chi connectivity index (χ0v) is 20.7. The summed E-state index contributed by atoms with van der Waals surface area (Å²) in [4.78, 5) is 24.7. The SMILES string of the molecule is COC(=O)C1=CO[C@H](O[C@@H]2O[C@@H](CO)[C@@H](O)[C@H](O)[C@@H]2O)[C@H]2[C@@H](COC(=O)C=Cc3ccc(O)cc3)CC[C@H]12. The van der Waals surface area contributed by atoms with Gasteiger partial charge in [-0.2, -0.15) is 0 Å². The molecular weight excluding hydrogens is 504 g/mol. The molecule has 0 unspecified atom stereocenters. The van der Waals surface area contributed by atoms with Crippen LogP contribution in [0.2, 0.25) is 0 Å². The van der Waals surface area contributed by atoms with Crippen molar-refractivity contribution < 1.29 is 58.8 Å². The van der Waals surface area contributed by atoms with Crippen molar-refractivity contribution in [1.82, 2.24) is 0 Å². The van der Waals surface area contributed by atoms with E-state index in [1.807, 2.05) is 0 Å². The first-order chi connectivity index (χ1) is 18.2. The van der Waals surface area contributed by atoms with Gasteiger partial charge in [0, 0.05) is 23.8 Å². The van der Waals surface area contributed by atoms with E-state index in [1.54, 1.807) is 18.2 Å². The van der Waals surface area contributed by atoms with Gasteiger partial charge in [0.25, 0.3) is 0 Å². The van der Waals surface area contributed by atoms with Crippen LogP contribution in [0.4, 0.5) is 0 Å². The van der Waals surface area contributed by atoms with Gasteiger partial charge in [-0.15, -0.1) is 0 Å². The Morgan fingerprint density at radius 1 is 1.05 bits per heavy atom. The van der Waals surface area contributed by atoms with E-state index in [0.717, 1.165) is 0 Å². The minimum atomic E-state index is -1.64. The van der Waals surface area contributed by atoms with Gasteiger partial charge in [0.15, 0.2) is 6.29 Å². The Kier molecular flexibility index (Phi) is 9.03. The Labute approximate surface area is 218 Å². The first-order valence-electron chi connectivity index (χ1n) is 12.3. The van der Waals surface area contributed by atoms with Gasteiger partial charge in [-0.05, 0) is 36.6 Å². The second kappa shape index (κ2) is 12.2. The third kappa shape index (κ3) is 6.01. The molecule has 1 saturated heterocycles. The summed E-state index contributed by atoms with van der Waals surface area (Å²) in [6.07, 6.45) is -3.33. The second-order valence-electron chi connectivity index (χ2n) is 9.48. The van der Waals surface area contributed by atoms with Gasteiger partial charge < -0.3 is 49.2 Å². The molecule has 9 atom stereocenters. The number of hydrogen-bond donors (Lipinski definition) is 5. The molecule has 0 spiro atoms. The summed E-state index contributed by atoms with van der Waals surface area (Å²) in [6, 6.07) is 6.27. The van der Waals surface area contributed by atoms with Crippen LogP contribution in [-0.2, 0) is 33.3 Å². The summed E-state index contributed by atoms with van der Waals surface area (Å²) in [5, 5.41) is 49.4. The number of ether oxygens (including phenoxy) is 5. The summed E-state index contributed by atoms with van der Waals surface area (Å²) < 4.78 is 27.4. The topological polar surface area (TPSA) is 181 Å². The van der Waals surface area contributed by atoms with Crippen molar-refractivity contribution in [3.05, 3.63) is 47.7 Å². The van der Waals surface area contributed by atoms with Gasteiger partial charge in [0.05, 0.1) is 32.2 Å². The summed E-state index contributed by atoms with van der Waals surface area (Å²) >= 11 is 0. The highest BCUT2D eigenvalue weighted by atomic mass is 16.8. The minimum absolute atomic E-state index is 0.00767. The predicted molar refractivity (Wildman–Crippen MR) is 128 cm³/mol. The highest BCUT2D eigenvalue weighted by molar-refractivity contribution is 5.89. The van der Waals surface area contributed by atoms with Crippen LogP contribution in [0.5, 0.6) is 5.75 Å². The standard InChI is InChI=1S/C26H32O12/c1-34-24(33)17-12-36-25(38-26-23(32)22(31)21(30)18(10-27)37-26)20-14(5-8-16(17)20)11-35-19(29)9-4-13-2-6-15(28)7-3-13/h2-4,6-7,9,12,14,16,18,20-23,25-28,30-32H,5,8,10-11H2,1H3/t14-,16-,18+,20+,21-,22+,23+,25-,26+/m1/s1. The molecule has 0 amide bonds. The summed E-state index contributed by atoms with van der Waals surface area (Å²) in [5.74, 6) is -2.21. The number of carbonyl (C=O) groups is 2. The molecule has 4 rings (SSSR count). The molecule has 0 aromatic heterocycles. The molecule has 3 aliphatic rings. The van der Waals surface area contributed by atoms with Gasteiger partial charge >= 0.3 is 11.9 Å². The molecule has 38 heavy (non-hydrogen) atoms. The van der Waals surface area contributed by atoms with Crippen LogP contribution in [0.15, 0.2) is 42.2 Å². The molecule has 208 valence electrons. The van der Waals surface area contributed by atoms with Crippen molar-refractivity contribution in [3.8, 4) is 5.75 Å². The van der Waals surface area contributed by atoms with Crippen LogP contribution in [0.25, 0.3) is 6.08 Å². The van der Waals surface area contributed by atoms with E-state index in [-0.39, 0.29) is 24.2 Å². The maximum absolute atomic E-state index is 12.4. The maximum atomic E-state index is 12.4. The Morgan fingerprint density at radius 2 is 1.79 bits per heavy atom. The summed E-state index contributed by atoms with van der Waals surface area (Å²) in [6.45, 7) is -0.628. The number of fused-ring (bicyclic) bond motifs is 1. The fourth-order valence-electron chi connectivity index (χ4n) is 5.13. The molecular formula is C26H32O12. The minimum Gasteiger partial charge on any atom is -0.508 e. The Bertz CT molecular complexity index is 1040. The van der Waals surface area contributed by atoms with Crippen molar-refractivity contribution in [2.75, 3.05) is 20.3 Å². The van der Waals surface area contributed by atoms with Crippen LogP contribution in [0.3, 0.4) is 0 Å². The number of methoxy groups -OCH3 is 1. The van der Waals surface area contributed by atoms with Crippen molar-refractivity contribution >= 4 is 18.0 Å². The Morgan fingerprint density at radius 3 is 2.47 bits per heavy atom. The molecule has 1 saturated carbocycles. The summed E-state index contributed by atoms with van der Waals surface area (Å²) in [7, 11) is 1.25. The molecule has 2 fully saturated rings. The molecule has 1 aromatic carbocycles. The molecule has 0 radical (unpaired) electrons. The zero-order chi connectivity index (χ0) is 27.4. The summed E-state index contributed by atoms with van der Waals surface area (Å²) in [5.41, 5.74) is 0.995. The van der Waals surface area contributed by atoms with Crippen LogP contribution in [-0.4, -0.2) is 94.8 Å². The molecule has 12 heteroatoms. The lowest BCUT2D eigenvalue weighted by atomic mass is 9.83. The van der Waals surface area contributed by atoms with Gasteiger partial charge in [-0.1, -0.05) is 12.1 Å².